The second-order valence-corrected chi connectivity index (χ2v) is 2.74. The minimum absolute atomic E-state index is 0.279. The Morgan fingerprint density at radius 1 is 1.77 bits per heavy atom. The third-order valence-electron chi connectivity index (χ3n) is 1.65. The Morgan fingerprint density at radius 3 is 3.08 bits per heavy atom. The van der Waals surface area contributed by atoms with Crippen molar-refractivity contribution in [2.75, 3.05) is 19.7 Å². The molecule has 0 saturated heterocycles. The maximum absolute atomic E-state index is 11.2. The molecule has 4 heteroatoms. The summed E-state index contributed by atoms with van der Waals surface area (Å²) < 4.78 is 4.82. The summed E-state index contributed by atoms with van der Waals surface area (Å²) in [7, 11) is 0. The molecule has 0 amide bonds. The van der Waals surface area contributed by atoms with E-state index in [2.05, 4.69) is 10.3 Å². The lowest BCUT2D eigenvalue weighted by Crippen LogP contribution is -2.17. The zero-order chi connectivity index (χ0) is 9.68. The van der Waals surface area contributed by atoms with Gasteiger partial charge in [0.15, 0.2) is 0 Å². The molecule has 0 atom stereocenters. The predicted molar refractivity (Wildman–Crippen MR) is 50.7 cm³/mol. The highest BCUT2D eigenvalue weighted by Gasteiger charge is 2.07. The third kappa shape index (κ3) is 2.89. The summed E-state index contributed by atoms with van der Waals surface area (Å²) in [5.41, 5.74) is 0.579. The largest absolute Gasteiger partial charge is 0.463 e. The zero-order valence-electron chi connectivity index (χ0n) is 7.96. The summed E-state index contributed by atoms with van der Waals surface area (Å²) in [5.74, 6) is 0.490. The summed E-state index contributed by atoms with van der Waals surface area (Å²) in [4.78, 5) is 15.3. The van der Waals surface area contributed by atoms with Crippen LogP contribution in [0.15, 0.2) is 16.6 Å². The lowest BCUT2D eigenvalue weighted by Gasteiger charge is -2.01. The van der Waals surface area contributed by atoms with E-state index in [-0.39, 0.29) is 5.97 Å². The van der Waals surface area contributed by atoms with E-state index in [1.54, 1.807) is 19.9 Å². The van der Waals surface area contributed by atoms with Crippen LogP contribution in [0.1, 0.15) is 13.8 Å². The Morgan fingerprint density at radius 2 is 2.54 bits per heavy atom. The van der Waals surface area contributed by atoms with Gasteiger partial charge in [-0.1, -0.05) is 0 Å². The lowest BCUT2D eigenvalue weighted by molar-refractivity contribution is -0.138. The van der Waals surface area contributed by atoms with Gasteiger partial charge in [-0.05, 0) is 19.9 Å². The van der Waals surface area contributed by atoms with Crippen LogP contribution in [0.5, 0.6) is 0 Å². The average molecular weight is 182 g/mol. The van der Waals surface area contributed by atoms with Gasteiger partial charge >= 0.3 is 5.97 Å². The van der Waals surface area contributed by atoms with E-state index in [1.165, 1.54) is 0 Å². The summed E-state index contributed by atoms with van der Waals surface area (Å²) in [6.07, 6.45) is 1.71. The number of hydrogen-bond donors (Lipinski definition) is 1. The first-order chi connectivity index (χ1) is 6.24. The molecule has 0 aromatic carbocycles. The Balaban J connectivity index is 2.54. The van der Waals surface area contributed by atoms with Gasteiger partial charge in [-0.25, -0.2) is 4.79 Å². The smallest absolute Gasteiger partial charge is 0.333 e. The highest BCUT2D eigenvalue weighted by Crippen LogP contribution is 1.98. The van der Waals surface area contributed by atoms with Crippen molar-refractivity contribution in [3.63, 3.8) is 0 Å². The molecular weight excluding hydrogens is 168 g/mol. The minimum atomic E-state index is -0.279. The first kappa shape index (κ1) is 9.77. The first-order valence-corrected chi connectivity index (χ1v) is 4.37. The quantitative estimate of drug-likeness (QED) is 0.510. The molecule has 1 heterocycles. The number of amidine groups is 1. The molecule has 0 fully saturated rings. The number of carbonyl (C=O) groups excluding carboxylic acids is 1. The van der Waals surface area contributed by atoms with Crippen molar-refractivity contribution in [2.45, 2.75) is 13.8 Å². The van der Waals surface area contributed by atoms with Crippen molar-refractivity contribution in [1.29, 1.82) is 0 Å². The van der Waals surface area contributed by atoms with Gasteiger partial charge in [-0.2, -0.15) is 0 Å². The molecule has 0 aliphatic carbocycles. The minimum Gasteiger partial charge on any atom is -0.463 e. The van der Waals surface area contributed by atoms with Crippen molar-refractivity contribution in [3.8, 4) is 0 Å². The normalized spacial score (nSPS) is 16.5. The van der Waals surface area contributed by atoms with Gasteiger partial charge < -0.3 is 10.1 Å². The highest BCUT2D eigenvalue weighted by atomic mass is 16.5. The molecule has 0 aromatic heterocycles. The number of hydrogen-bond acceptors (Lipinski definition) is 4. The van der Waals surface area contributed by atoms with Crippen molar-refractivity contribution < 1.29 is 9.53 Å². The van der Waals surface area contributed by atoms with E-state index < -0.39 is 0 Å². The fraction of sp³-hybridized carbons (Fsp3) is 0.556. The van der Waals surface area contributed by atoms with Crippen LogP contribution in [0.4, 0.5) is 0 Å². The van der Waals surface area contributed by atoms with E-state index in [0.717, 1.165) is 18.9 Å². The van der Waals surface area contributed by atoms with Crippen LogP contribution in [0.2, 0.25) is 0 Å². The second-order valence-electron chi connectivity index (χ2n) is 2.74. The van der Waals surface area contributed by atoms with Crippen LogP contribution in [0.3, 0.4) is 0 Å². The monoisotopic (exact) mass is 182 g/mol. The topological polar surface area (TPSA) is 50.7 Å². The van der Waals surface area contributed by atoms with Gasteiger partial charge in [0.25, 0.3) is 0 Å². The second kappa shape index (κ2) is 4.64. The van der Waals surface area contributed by atoms with Gasteiger partial charge in [0, 0.05) is 12.1 Å². The van der Waals surface area contributed by atoms with Gasteiger partial charge in [0.1, 0.15) is 5.84 Å². The van der Waals surface area contributed by atoms with E-state index >= 15 is 0 Å². The third-order valence-corrected chi connectivity index (χ3v) is 1.65. The molecule has 0 radical (unpaired) electrons. The maximum atomic E-state index is 11.2. The van der Waals surface area contributed by atoms with Crippen LogP contribution in [-0.4, -0.2) is 31.5 Å². The Hall–Kier alpha value is -1.32. The maximum Gasteiger partial charge on any atom is 0.333 e. The first-order valence-electron chi connectivity index (χ1n) is 4.37. The zero-order valence-corrected chi connectivity index (χ0v) is 7.96. The summed E-state index contributed by atoms with van der Waals surface area (Å²) >= 11 is 0. The Labute approximate surface area is 77.7 Å². The fourth-order valence-corrected chi connectivity index (χ4v) is 1.02. The van der Waals surface area contributed by atoms with E-state index in [4.69, 9.17) is 4.74 Å². The standard InChI is InChI=1S/C9H14N2O2/c1-3-13-9(12)7(2)6-8-10-4-5-11-8/h6H,3-5H2,1-2H3,(H,10,11). The van der Waals surface area contributed by atoms with Crippen molar-refractivity contribution in [3.05, 3.63) is 11.6 Å². The Kier molecular flexibility index (Phi) is 3.49. The number of carbonyl (C=O) groups is 1. The number of nitrogens with one attached hydrogen (secondary N) is 1. The summed E-state index contributed by atoms with van der Waals surface area (Å²) in [6, 6.07) is 0. The van der Waals surface area contributed by atoms with E-state index in [1.807, 2.05) is 0 Å². The number of rotatable bonds is 3. The molecule has 0 saturated carbocycles. The van der Waals surface area contributed by atoms with Crippen LogP contribution >= 0.6 is 0 Å². The molecule has 13 heavy (non-hydrogen) atoms. The number of esters is 1. The molecule has 1 aliphatic rings. The number of ether oxygens (including phenoxy) is 1. The molecular formula is C9H14N2O2. The van der Waals surface area contributed by atoms with Gasteiger partial charge in [0.2, 0.25) is 0 Å². The average Bonchev–Trinajstić information content (AvgIpc) is 2.57. The Bertz CT molecular complexity index is 256. The van der Waals surface area contributed by atoms with Gasteiger partial charge in [-0.15, -0.1) is 0 Å². The predicted octanol–water partition coefficient (Wildman–Crippen LogP) is 0.498. The molecule has 0 spiro atoms. The highest BCUT2D eigenvalue weighted by molar-refractivity contribution is 6.01. The van der Waals surface area contributed by atoms with Crippen LogP contribution in [0, 0.1) is 0 Å². The molecule has 1 N–H and O–H groups in total. The SMILES string of the molecule is CCOC(=O)C(C)=CC1=NCCN1. The molecule has 1 rings (SSSR count). The van der Waals surface area contributed by atoms with E-state index in [0.29, 0.717) is 12.2 Å². The van der Waals surface area contributed by atoms with Crippen molar-refractivity contribution >= 4 is 11.8 Å². The lowest BCUT2D eigenvalue weighted by atomic mass is 10.3. The van der Waals surface area contributed by atoms with Crippen LogP contribution in [-0.2, 0) is 9.53 Å². The summed E-state index contributed by atoms with van der Waals surface area (Å²) in [5, 5.41) is 3.05. The van der Waals surface area contributed by atoms with Crippen molar-refractivity contribution in [2.24, 2.45) is 4.99 Å². The molecule has 72 valence electrons. The number of aliphatic imine (C=N–C) groups is 1. The van der Waals surface area contributed by atoms with Crippen LogP contribution < -0.4 is 5.32 Å². The van der Waals surface area contributed by atoms with Crippen LogP contribution in [0.25, 0.3) is 0 Å². The van der Waals surface area contributed by atoms with E-state index in [9.17, 15) is 4.79 Å². The molecule has 0 unspecified atom stereocenters. The molecule has 0 bridgehead atoms. The van der Waals surface area contributed by atoms with Gasteiger partial charge in [0.05, 0.1) is 13.2 Å². The summed E-state index contributed by atoms with van der Waals surface area (Å²) in [6.45, 7) is 5.55. The molecule has 1 aliphatic heterocycles. The van der Waals surface area contributed by atoms with Crippen molar-refractivity contribution in [1.82, 2.24) is 5.32 Å². The fourth-order valence-electron chi connectivity index (χ4n) is 1.02. The number of nitrogens with zero attached hydrogens (tertiary/aromatic N) is 1. The molecule has 4 nitrogen and oxygen atoms in total. The molecule has 0 aromatic rings. The van der Waals surface area contributed by atoms with Gasteiger partial charge in [-0.3, -0.25) is 4.99 Å².